The molecule has 126 valence electrons. The summed E-state index contributed by atoms with van der Waals surface area (Å²) in [6.07, 6.45) is 1.57. The van der Waals surface area contributed by atoms with E-state index in [0.717, 1.165) is 28.2 Å². The van der Waals surface area contributed by atoms with Crippen LogP contribution in [0.5, 0.6) is 11.5 Å². The first-order valence-corrected chi connectivity index (χ1v) is 7.49. The molecule has 24 heavy (non-hydrogen) atoms. The highest BCUT2D eigenvalue weighted by atomic mass is 16.5. The Morgan fingerprint density at radius 3 is 2.62 bits per heavy atom. The van der Waals surface area contributed by atoms with E-state index >= 15 is 0 Å². The number of hydrogen-bond acceptors (Lipinski definition) is 4. The predicted octanol–water partition coefficient (Wildman–Crippen LogP) is 2.50. The van der Waals surface area contributed by atoms with Crippen LogP contribution < -0.4 is 20.9 Å². The molecule has 6 heteroatoms. The van der Waals surface area contributed by atoms with Crippen LogP contribution in [0.25, 0.3) is 0 Å². The summed E-state index contributed by atoms with van der Waals surface area (Å²) in [4.78, 5) is 0. The fraction of sp³-hybridized carbons (Fsp3) is 0.222. The predicted molar refractivity (Wildman–Crippen MR) is 96.6 cm³/mol. The molecule has 0 aliphatic heterocycles. The summed E-state index contributed by atoms with van der Waals surface area (Å²) < 4.78 is 11.3. The van der Waals surface area contributed by atoms with Gasteiger partial charge < -0.3 is 20.9 Å². The van der Waals surface area contributed by atoms with Crippen LogP contribution in [0, 0.1) is 13.8 Å². The van der Waals surface area contributed by atoms with Crippen LogP contribution in [-0.4, -0.2) is 19.3 Å². The van der Waals surface area contributed by atoms with Crippen molar-refractivity contribution in [3.8, 4) is 11.5 Å². The lowest BCUT2D eigenvalue weighted by Crippen LogP contribution is -2.21. The quantitative estimate of drug-likeness (QED) is 0.484. The van der Waals surface area contributed by atoms with Crippen molar-refractivity contribution in [1.29, 1.82) is 0 Å². The average Bonchev–Trinajstić information content (AvgIpc) is 2.56. The SMILES string of the molecule is COc1ccc(C=NN=C(N)N)cc1COc1cccc(C)c1C. The number of aryl methyl sites for hydroxylation is 1. The minimum Gasteiger partial charge on any atom is -0.496 e. The normalized spacial score (nSPS) is 10.6. The fourth-order valence-corrected chi connectivity index (χ4v) is 2.19. The van der Waals surface area contributed by atoms with Crippen molar-refractivity contribution in [2.24, 2.45) is 21.7 Å². The van der Waals surface area contributed by atoms with Gasteiger partial charge in [-0.1, -0.05) is 12.1 Å². The maximum atomic E-state index is 5.95. The molecule has 0 bridgehead atoms. The van der Waals surface area contributed by atoms with Crippen molar-refractivity contribution in [3.05, 3.63) is 58.7 Å². The molecule has 0 aliphatic carbocycles. The molecule has 0 saturated carbocycles. The maximum Gasteiger partial charge on any atom is 0.211 e. The Bertz CT molecular complexity index is 766. The van der Waals surface area contributed by atoms with Gasteiger partial charge in [-0.05, 0) is 54.8 Å². The van der Waals surface area contributed by atoms with Crippen molar-refractivity contribution in [2.75, 3.05) is 7.11 Å². The van der Waals surface area contributed by atoms with Crippen LogP contribution in [0.2, 0.25) is 0 Å². The number of guanidine groups is 1. The highest BCUT2D eigenvalue weighted by molar-refractivity contribution is 5.82. The third-order valence-corrected chi connectivity index (χ3v) is 3.62. The Morgan fingerprint density at radius 1 is 1.12 bits per heavy atom. The lowest BCUT2D eigenvalue weighted by molar-refractivity contribution is 0.294. The lowest BCUT2D eigenvalue weighted by Gasteiger charge is -2.13. The zero-order chi connectivity index (χ0) is 17.5. The van der Waals surface area contributed by atoms with E-state index in [4.69, 9.17) is 20.9 Å². The second-order valence-electron chi connectivity index (χ2n) is 5.33. The average molecular weight is 326 g/mol. The van der Waals surface area contributed by atoms with Crippen molar-refractivity contribution in [1.82, 2.24) is 0 Å². The molecule has 0 spiro atoms. The Morgan fingerprint density at radius 2 is 1.92 bits per heavy atom. The molecule has 0 fully saturated rings. The van der Waals surface area contributed by atoms with Crippen LogP contribution in [-0.2, 0) is 6.61 Å². The van der Waals surface area contributed by atoms with Crippen molar-refractivity contribution < 1.29 is 9.47 Å². The monoisotopic (exact) mass is 326 g/mol. The number of hydrogen-bond donors (Lipinski definition) is 2. The molecule has 0 aliphatic rings. The molecular formula is C18H22N4O2. The largest absolute Gasteiger partial charge is 0.496 e. The third kappa shape index (κ3) is 4.49. The van der Waals surface area contributed by atoms with Gasteiger partial charge in [0.25, 0.3) is 0 Å². The molecule has 2 aromatic carbocycles. The molecule has 0 atom stereocenters. The maximum absolute atomic E-state index is 5.95. The van der Waals surface area contributed by atoms with Crippen molar-refractivity contribution >= 4 is 12.2 Å². The van der Waals surface area contributed by atoms with Crippen LogP contribution in [0.1, 0.15) is 22.3 Å². The molecule has 0 amide bonds. The van der Waals surface area contributed by atoms with Gasteiger partial charge in [0.2, 0.25) is 5.96 Å². The third-order valence-electron chi connectivity index (χ3n) is 3.62. The van der Waals surface area contributed by atoms with Gasteiger partial charge >= 0.3 is 0 Å². The van der Waals surface area contributed by atoms with Crippen LogP contribution in [0.4, 0.5) is 0 Å². The van der Waals surface area contributed by atoms with Gasteiger partial charge in [-0.2, -0.15) is 5.10 Å². The molecule has 4 N–H and O–H groups in total. The number of ether oxygens (including phenoxy) is 2. The van der Waals surface area contributed by atoms with Crippen molar-refractivity contribution in [3.63, 3.8) is 0 Å². The molecule has 2 aromatic rings. The highest BCUT2D eigenvalue weighted by Crippen LogP contribution is 2.25. The molecule has 0 radical (unpaired) electrons. The van der Waals surface area contributed by atoms with Crippen LogP contribution in [0.3, 0.4) is 0 Å². The van der Waals surface area contributed by atoms with Gasteiger partial charge in [0, 0.05) is 5.56 Å². The Hall–Kier alpha value is -3.02. The number of rotatable bonds is 6. The van der Waals surface area contributed by atoms with Gasteiger partial charge in [-0.3, -0.25) is 0 Å². The minimum absolute atomic E-state index is 0.0850. The van der Waals surface area contributed by atoms with Gasteiger partial charge in [0.05, 0.1) is 13.3 Å². The number of nitrogens with two attached hydrogens (primary N) is 2. The Balaban J connectivity index is 2.20. The van der Waals surface area contributed by atoms with Gasteiger partial charge in [0.15, 0.2) is 0 Å². The molecule has 0 saturated heterocycles. The first-order chi connectivity index (χ1) is 11.5. The second-order valence-corrected chi connectivity index (χ2v) is 5.33. The van der Waals surface area contributed by atoms with Crippen LogP contribution >= 0.6 is 0 Å². The number of methoxy groups -OCH3 is 1. The smallest absolute Gasteiger partial charge is 0.211 e. The van der Waals surface area contributed by atoms with E-state index in [9.17, 15) is 0 Å². The minimum atomic E-state index is -0.0850. The van der Waals surface area contributed by atoms with Crippen molar-refractivity contribution in [2.45, 2.75) is 20.5 Å². The summed E-state index contributed by atoms with van der Waals surface area (Å²) in [6.45, 7) is 4.49. The number of benzene rings is 2. The topological polar surface area (TPSA) is 95.2 Å². The second kappa shape index (κ2) is 8.01. The molecule has 0 aromatic heterocycles. The summed E-state index contributed by atoms with van der Waals surface area (Å²) in [5.74, 6) is 1.52. The summed E-state index contributed by atoms with van der Waals surface area (Å²) in [5.41, 5.74) is 14.6. The Kier molecular flexibility index (Phi) is 5.78. The molecule has 0 unspecified atom stereocenters. The summed E-state index contributed by atoms with van der Waals surface area (Å²) in [6, 6.07) is 11.6. The summed E-state index contributed by atoms with van der Waals surface area (Å²) >= 11 is 0. The van der Waals surface area contributed by atoms with E-state index < -0.39 is 0 Å². The van der Waals surface area contributed by atoms with E-state index in [2.05, 4.69) is 23.2 Å². The fourth-order valence-electron chi connectivity index (χ4n) is 2.19. The summed E-state index contributed by atoms with van der Waals surface area (Å²) in [5, 5.41) is 7.40. The van der Waals surface area contributed by atoms with E-state index in [0.29, 0.717) is 6.61 Å². The van der Waals surface area contributed by atoms with Crippen LogP contribution in [0.15, 0.2) is 46.6 Å². The molecule has 6 nitrogen and oxygen atoms in total. The van der Waals surface area contributed by atoms with Gasteiger partial charge in [-0.25, -0.2) is 0 Å². The first-order valence-electron chi connectivity index (χ1n) is 7.49. The van der Waals surface area contributed by atoms with Gasteiger partial charge in [0.1, 0.15) is 18.1 Å². The van der Waals surface area contributed by atoms with E-state index in [1.807, 2.05) is 37.3 Å². The van der Waals surface area contributed by atoms with Gasteiger partial charge in [-0.15, -0.1) is 5.10 Å². The highest BCUT2D eigenvalue weighted by Gasteiger charge is 2.07. The standard InChI is InChI=1S/C18H22N4O2/c1-12-5-4-6-16(13(12)2)24-11-15-9-14(7-8-17(15)23-3)10-21-22-18(19)20/h4-10H,11H2,1-3H3,(H4,19,20,22). The first kappa shape index (κ1) is 17.3. The van der Waals surface area contributed by atoms with E-state index in [1.54, 1.807) is 13.3 Å². The molecular weight excluding hydrogens is 304 g/mol. The lowest BCUT2D eigenvalue weighted by atomic mass is 10.1. The van der Waals surface area contributed by atoms with E-state index in [-0.39, 0.29) is 5.96 Å². The summed E-state index contributed by atoms with van der Waals surface area (Å²) in [7, 11) is 1.63. The molecule has 0 heterocycles. The molecule has 2 rings (SSSR count). The zero-order valence-corrected chi connectivity index (χ0v) is 14.1. The zero-order valence-electron chi connectivity index (χ0n) is 14.1. The van der Waals surface area contributed by atoms with E-state index in [1.165, 1.54) is 5.56 Å². The number of nitrogens with zero attached hydrogens (tertiary/aromatic N) is 2. The Labute approximate surface area is 141 Å².